The van der Waals surface area contributed by atoms with E-state index in [2.05, 4.69) is 41.8 Å². The maximum absolute atomic E-state index is 6.14. The van der Waals surface area contributed by atoms with Crippen molar-refractivity contribution in [3.05, 3.63) is 59.4 Å². The Kier molecular flexibility index (Phi) is 5.14. The SMILES string of the molecule is Cc1nnc2c(NCCN3CCN(c4cccc(Cl)c4)CC3)nc3ccccc3n12. The van der Waals surface area contributed by atoms with Gasteiger partial charge in [0, 0.05) is 50.0 Å². The second kappa shape index (κ2) is 8.08. The lowest BCUT2D eigenvalue weighted by Gasteiger charge is -2.36. The summed E-state index contributed by atoms with van der Waals surface area (Å²) in [6.07, 6.45) is 0. The number of hydrogen-bond donors (Lipinski definition) is 1. The summed E-state index contributed by atoms with van der Waals surface area (Å²) in [5, 5.41) is 12.9. The summed E-state index contributed by atoms with van der Waals surface area (Å²) in [5.74, 6) is 1.65. The number of aromatic nitrogens is 4. The number of rotatable bonds is 5. The standard InChI is InChI=1S/C22H24ClN7/c1-16-26-27-22-21(25-19-7-2-3-8-20(19)30(16)22)24-9-10-28-11-13-29(14-12-28)18-6-4-5-17(23)15-18/h2-8,15H,9-14H2,1H3,(H,24,25). The Labute approximate surface area is 180 Å². The molecule has 0 amide bonds. The van der Waals surface area contributed by atoms with Crippen molar-refractivity contribution >= 4 is 39.8 Å². The van der Waals surface area contributed by atoms with E-state index in [1.165, 1.54) is 5.69 Å². The van der Waals surface area contributed by atoms with Gasteiger partial charge in [-0.2, -0.15) is 0 Å². The summed E-state index contributed by atoms with van der Waals surface area (Å²) in [4.78, 5) is 9.65. The summed E-state index contributed by atoms with van der Waals surface area (Å²) in [6, 6.07) is 16.2. The van der Waals surface area contributed by atoms with Crippen molar-refractivity contribution in [2.45, 2.75) is 6.92 Å². The molecule has 4 aromatic rings. The Hall–Kier alpha value is -2.90. The first-order chi connectivity index (χ1) is 14.7. The largest absolute Gasteiger partial charge is 0.369 e. The molecule has 5 rings (SSSR count). The maximum Gasteiger partial charge on any atom is 0.204 e. The second-order valence-corrected chi connectivity index (χ2v) is 8.03. The first-order valence-corrected chi connectivity index (χ1v) is 10.6. The number of para-hydroxylation sites is 2. The highest BCUT2D eigenvalue weighted by Gasteiger charge is 2.18. The second-order valence-electron chi connectivity index (χ2n) is 7.59. The lowest BCUT2D eigenvalue weighted by molar-refractivity contribution is 0.267. The highest BCUT2D eigenvalue weighted by molar-refractivity contribution is 6.30. The average molecular weight is 422 g/mol. The van der Waals surface area contributed by atoms with E-state index in [1.807, 2.05) is 43.3 Å². The molecule has 0 aliphatic carbocycles. The van der Waals surface area contributed by atoms with Gasteiger partial charge in [0.1, 0.15) is 5.82 Å². The molecule has 8 heteroatoms. The predicted octanol–water partition coefficient (Wildman–Crippen LogP) is 3.47. The summed E-state index contributed by atoms with van der Waals surface area (Å²) in [7, 11) is 0. The Balaban J connectivity index is 1.23. The fourth-order valence-electron chi connectivity index (χ4n) is 4.08. The van der Waals surface area contributed by atoms with E-state index >= 15 is 0 Å². The van der Waals surface area contributed by atoms with E-state index < -0.39 is 0 Å². The Morgan fingerprint density at radius 2 is 1.83 bits per heavy atom. The topological polar surface area (TPSA) is 61.6 Å². The molecule has 1 aliphatic heterocycles. The zero-order chi connectivity index (χ0) is 20.5. The third-order valence-electron chi connectivity index (χ3n) is 5.66. The van der Waals surface area contributed by atoms with Crippen LogP contribution in [-0.2, 0) is 0 Å². The number of nitrogens with one attached hydrogen (secondary N) is 1. The number of anilines is 2. The highest BCUT2D eigenvalue weighted by atomic mass is 35.5. The molecule has 0 atom stereocenters. The number of aryl methyl sites for hydroxylation is 1. The minimum Gasteiger partial charge on any atom is -0.369 e. The molecule has 1 fully saturated rings. The number of halogens is 1. The van der Waals surface area contributed by atoms with Crippen molar-refractivity contribution in [1.82, 2.24) is 24.5 Å². The quantitative estimate of drug-likeness (QED) is 0.532. The smallest absolute Gasteiger partial charge is 0.204 e. The van der Waals surface area contributed by atoms with Gasteiger partial charge in [-0.3, -0.25) is 9.30 Å². The fourth-order valence-corrected chi connectivity index (χ4v) is 4.26. The molecule has 3 heterocycles. The van der Waals surface area contributed by atoms with E-state index in [4.69, 9.17) is 16.6 Å². The highest BCUT2D eigenvalue weighted by Crippen LogP contribution is 2.22. The Morgan fingerprint density at radius 1 is 1.00 bits per heavy atom. The van der Waals surface area contributed by atoms with Crippen LogP contribution in [0.3, 0.4) is 0 Å². The van der Waals surface area contributed by atoms with Crippen LogP contribution >= 0.6 is 11.6 Å². The molecule has 7 nitrogen and oxygen atoms in total. The van der Waals surface area contributed by atoms with Gasteiger partial charge in [0.2, 0.25) is 5.65 Å². The van der Waals surface area contributed by atoms with Gasteiger partial charge in [0.15, 0.2) is 5.82 Å². The van der Waals surface area contributed by atoms with E-state index in [-0.39, 0.29) is 0 Å². The van der Waals surface area contributed by atoms with Crippen LogP contribution in [0.5, 0.6) is 0 Å². The summed E-state index contributed by atoms with van der Waals surface area (Å²) in [6.45, 7) is 7.79. The van der Waals surface area contributed by atoms with Gasteiger partial charge in [-0.15, -0.1) is 10.2 Å². The number of nitrogens with zero attached hydrogens (tertiary/aromatic N) is 6. The molecular formula is C22H24ClN7. The Bertz CT molecular complexity index is 1180. The van der Waals surface area contributed by atoms with Crippen molar-refractivity contribution in [3.63, 3.8) is 0 Å². The third kappa shape index (κ3) is 3.66. The van der Waals surface area contributed by atoms with Crippen LogP contribution in [0.4, 0.5) is 11.5 Å². The monoisotopic (exact) mass is 421 g/mol. The van der Waals surface area contributed by atoms with Crippen LogP contribution in [-0.4, -0.2) is 63.8 Å². The van der Waals surface area contributed by atoms with Crippen LogP contribution in [0.2, 0.25) is 5.02 Å². The van der Waals surface area contributed by atoms with Crippen molar-refractivity contribution in [2.75, 3.05) is 49.5 Å². The fraction of sp³-hybridized carbons (Fsp3) is 0.318. The number of piperazine rings is 1. The van der Waals surface area contributed by atoms with Gasteiger partial charge in [0.05, 0.1) is 11.0 Å². The number of fused-ring (bicyclic) bond motifs is 3. The molecule has 2 aromatic heterocycles. The summed E-state index contributed by atoms with van der Waals surface area (Å²) >= 11 is 6.14. The van der Waals surface area contributed by atoms with E-state index in [1.54, 1.807) is 0 Å². The molecule has 0 spiro atoms. The molecule has 1 N–H and O–H groups in total. The molecule has 1 aliphatic rings. The van der Waals surface area contributed by atoms with E-state index in [0.29, 0.717) is 0 Å². The van der Waals surface area contributed by atoms with Crippen LogP contribution in [0.1, 0.15) is 5.82 Å². The molecule has 154 valence electrons. The van der Waals surface area contributed by atoms with Crippen molar-refractivity contribution in [2.24, 2.45) is 0 Å². The molecule has 0 radical (unpaired) electrons. The molecular weight excluding hydrogens is 398 g/mol. The van der Waals surface area contributed by atoms with E-state index in [0.717, 1.165) is 72.6 Å². The van der Waals surface area contributed by atoms with Crippen LogP contribution in [0.15, 0.2) is 48.5 Å². The minimum atomic E-state index is 0.775. The molecule has 2 aromatic carbocycles. The van der Waals surface area contributed by atoms with Crippen molar-refractivity contribution < 1.29 is 0 Å². The first kappa shape index (κ1) is 19.1. The lowest BCUT2D eigenvalue weighted by Crippen LogP contribution is -2.47. The normalized spacial score (nSPS) is 15.2. The zero-order valence-corrected chi connectivity index (χ0v) is 17.7. The van der Waals surface area contributed by atoms with E-state index in [9.17, 15) is 0 Å². The summed E-state index contributed by atoms with van der Waals surface area (Å²) in [5.41, 5.74) is 3.94. The molecule has 0 unspecified atom stereocenters. The average Bonchev–Trinajstić information content (AvgIpc) is 3.16. The first-order valence-electron chi connectivity index (χ1n) is 10.3. The van der Waals surface area contributed by atoms with Crippen LogP contribution < -0.4 is 10.2 Å². The van der Waals surface area contributed by atoms with Gasteiger partial charge in [-0.05, 0) is 37.3 Å². The van der Waals surface area contributed by atoms with Crippen molar-refractivity contribution in [1.29, 1.82) is 0 Å². The molecule has 0 saturated carbocycles. The molecule has 30 heavy (non-hydrogen) atoms. The molecule has 1 saturated heterocycles. The predicted molar refractivity (Wildman–Crippen MR) is 122 cm³/mol. The van der Waals surface area contributed by atoms with Gasteiger partial charge in [0.25, 0.3) is 0 Å². The number of benzene rings is 2. The molecule has 0 bridgehead atoms. The number of hydrogen-bond acceptors (Lipinski definition) is 6. The van der Waals surface area contributed by atoms with Crippen molar-refractivity contribution in [3.8, 4) is 0 Å². The van der Waals surface area contributed by atoms with Crippen LogP contribution in [0, 0.1) is 6.92 Å². The summed E-state index contributed by atoms with van der Waals surface area (Å²) < 4.78 is 2.06. The van der Waals surface area contributed by atoms with Gasteiger partial charge in [-0.25, -0.2) is 4.98 Å². The third-order valence-corrected chi connectivity index (χ3v) is 5.89. The van der Waals surface area contributed by atoms with Gasteiger partial charge in [-0.1, -0.05) is 29.8 Å². The minimum absolute atomic E-state index is 0.775. The van der Waals surface area contributed by atoms with Crippen LogP contribution in [0.25, 0.3) is 16.7 Å². The Morgan fingerprint density at radius 3 is 2.67 bits per heavy atom. The van der Waals surface area contributed by atoms with Gasteiger partial charge >= 0.3 is 0 Å². The lowest BCUT2D eigenvalue weighted by atomic mass is 10.2. The zero-order valence-electron chi connectivity index (χ0n) is 16.9. The van der Waals surface area contributed by atoms with Gasteiger partial charge < -0.3 is 10.2 Å². The maximum atomic E-state index is 6.14.